The van der Waals surface area contributed by atoms with Crippen molar-refractivity contribution in [3.8, 4) is 0 Å². The number of hydrogen-bond acceptors (Lipinski definition) is 8. The van der Waals surface area contributed by atoms with Gasteiger partial charge in [-0.05, 0) is 24.6 Å². The molecule has 1 saturated heterocycles. The van der Waals surface area contributed by atoms with Crippen LogP contribution in [-0.4, -0.2) is 83.0 Å². The van der Waals surface area contributed by atoms with Crippen LogP contribution < -0.4 is 5.32 Å². The topological polar surface area (TPSA) is 127 Å². The number of carboxylic acids is 1. The van der Waals surface area contributed by atoms with Gasteiger partial charge in [0.2, 0.25) is 0 Å². The average Bonchev–Trinajstić information content (AvgIpc) is 2.79. The van der Waals surface area contributed by atoms with E-state index in [2.05, 4.69) is 20.3 Å². The van der Waals surface area contributed by atoms with Crippen molar-refractivity contribution in [2.45, 2.75) is 19.1 Å². The van der Waals surface area contributed by atoms with Gasteiger partial charge in [-0.15, -0.1) is 0 Å². The molecule has 180 valence electrons. The highest BCUT2D eigenvalue weighted by molar-refractivity contribution is 5.94. The molecule has 1 unspecified atom stereocenters. The summed E-state index contributed by atoms with van der Waals surface area (Å²) in [6, 6.07) is 3.30. The summed E-state index contributed by atoms with van der Waals surface area (Å²) in [5.41, 5.74) is 1.51. The largest absolute Gasteiger partial charge is 0.490 e. The lowest BCUT2D eigenvalue weighted by Gasteiger charge is -2.34. The normalized spacial score (nSPS) is 15.9. The van der Waals surface area contributed by atoms with Gasteiger partial charge in [-0.2, -0.15) is 13.2 Å². The van der Waals surface area contributed by atoms with Gasteiger partial charge in [-0.1, -0.05) is 0 Å². The Bertz CT molecular complexity index is 944. The van der Waals surface area contributed by atoms with Crippen molar-refractivity contribution in [3.63, 3.8) is 0 Å². The third-order valence-electron chi connectivity index (χ3n) is 4.34. The van der Waals surface area contributed by atoms with E-state index in [9.17, 15) is 18.0 Å². The van der Waals surface area contributed by atoms with E-state index >= 15 is 0 Å². The SMILES string of the molecule is COCCNc1ccnc(C2COCCN2C(=O)c2cncc(C)c2)n1.O=C(O)C(F)(F)F. The number of nitrogens with one attached hydrogen (secondary N) is 1. The number of halogens is 3. The van der Waals surface area contributed by atoms with Gasteiger partial charge < -0.3 is 24.8 Å². The first kappa shape index (κ1) is 25.9. The Labute approximate surface area is 187 Å². The monoisotopic (exact) mass is 471 g/mol. The summed E-state index contributed by atoms with van der Waals surface area (Å²) < 4.78 is 42.4. The number of aliphatic carboxylic acids is 1. The third kappa shape index (κ3) is 7.95. The zero-order valence-electron chi connectivity index (χ0n) is 18.0. The Balaban J connectivity index is 0.000000479. The molecular weight excluding hydrogens is 447 g/mol. The molecule has 0 aromatic carbocycles. The number of carboxylic acid groups (broad SMARTS) is 1. The number of ether oxygens (including phenoxy) is 2. The molecule has 2 N–H and O–H groups in total. The maximum Gasteiger partial charge on any atom is 0.490 e. The molecule has 0 saturated carbocycles. The van der Waals surface area contributed by atoms with Crippen molar-refractivity contribution < 1.29 is 37.3 Å². The number of aromatic nitrogens is 3. The van der Waals surface area contributed by atoms with Crippen LogP contribution in [0.1, 0.15) is 27.8 Å². The van der Waals surface area contributed by atoms with Crippen LogP contribution in [0, 0.1) is 6.92 Å². The Morgan fingerprint density at radius 2 is 2.09 bits per heavy atom. The molecule has 0 aliphatic carbocycles. The van der Waals surface area contributed by atoms with Crippen LogP contribution in [0.15, 0.2) is 30.7 Å². The van der Waals surface area contributed by atoms with E-state index in [1.54, 1.807) is 36.7 Å². The lowest BCUT2D eigenvalue weighted by Crippen LogP contribution is -2.44. The first-order valence-electron chi connectivity index (χ1n) is 9.79. The number of amides is 1. The minimum atomic E-state index is -5.08. The number of methoxy groups -OCH3 is 1. The molecule has 0 spiro atoms. The summed E-state index contributed by atoms with van der Waals surface area (Å²) in [4.78, 5) is 36.7. The van der Waals surface area contributed by atoms with Gasteiger partial charge in [0.15, 0.2) is 5.82 Å². The summed E-state index contributed by atoms with van der Waals surface area (Å²) in [5.74, 6) is -1.59. The summed E-state index contributed by atoms with van der Waals surface area (Å²) in [6.45, 7) is 4.49. The molecule has 0 radical (unpaired) electrons. The summed E-state index contributed by atoms with van der Waals surface area (Å²) in [6.07, 6.45) is -0.0831. The van der Waals surface area contributed by atoms with Crippen molar-refractivity contribution >= 4 is 17.7 Å². The lowest BCUT2D eigenvalue weighted by molar-refractivity contribution is -0.192. The first-order valence-corrected chi connectivity index (χ1v) is 9.79. The Hall–Kier alpha value is -3.32. The van der Waals surface area contributed by atoms with Gasteiger partial charge in [-0.3, -0.25) is 9.78 Å². The van der Waals surface area contributed by atoms with Crippen LogP contribution in [0.2, 0.25) is 0 Å². The maximum absolute atomic E-state index is 13.0. The number of rotatable bonds is 6. The predicted octanol–water partition coefficient (Wildman–Crippen LogP) is 2.09. The summed E-state index contributed by atoms with van der Waals surface area (Å²) in [7, 11) is 1.65. The minimum absolute atomic E-state index is 0.0872. The maximum atomic E-state index is 13.0. The van der Waals surface area contributed by atoms with E-state index in [0.717, 1.165) is 5.56 Å². The van der Waals surface area contributed by atoms with Crippen molar-refractivity contribution in [1.82, 2.24) is 19.9 Å². The number of pyridine rings is 1. The average molecular weight is 471 g/mol. The van der Waals surface area contributed by atoms with Crippen LogP contribution in [0.3, 0.4) is 0 Å². The third-order valence-corrected chi connectivity index (χ3v) is 4.34. The van der Waals surface area contributed by atoms with Crippen molar-refractivity contribution in [2.24, 2.45) is 0 Å². The zero-order chi connectivity index (χ0) is 24.4. The molecule has 1 amide bonds. The van der Waals surface area contributed by atoms with Gasteiger partial charge in [0.25, 0.3) is 5.91 Å². The number of alkyl halides is 3. The molecule has 1 aliphatic rings. The van der Waals surface area contributed by atoms with Crippen molar-refractivity contribution in [3.05, 3.63) is 47.7 Å². The number of aryl methyl sites for hydroxylation is 1. The van der Waals surface area contributed by atoms with E-state index in [1.165, 1.54) is 0 Å². The van der Waals surface area contributed by atoms with Crippen LogP contribution in [-0.2, 0) is 14.3 Å². The smallest absolute Gasteiger partial charge is 0.475 e. The minimum Gasteiger partial charge on any atom is -0.475 e. The second kappa shape index (κ2) is 12.1. The number of anilines is 1. The molecule has 3 rings (SSSR count). The second-order valence-corrected chi connectivity index (χ2v) is 6.86. The summed E-state index contributed by atoms with van der Waals surface area (Å²) in [5, 5.41) is 10.3. The summed E-state index contributed by atoms with van der Waals surface area (Å²) >= 11 is 0. The van der Waals surface area contributed by atoms with Crippen molar-refractivity contribution in [2.75, 3.05) is 45.3 Å². The molecule has 1 aliphatic heterocycles. The second-order valence-electron chi connectivity index (χ2n) is 6.86. The van der Waals surface area contributed by atoms with Crippen molar-refractivity contribution in [1.29, 1.82) is 0 Å². The molecule has 1 atom stereocenters. The molecule has 1 fully saturated rings. The molecule has 3 heterocycles. The highest BCUT2D eigenvalue weighted by Gasteiger charge is 2.38. The van der Waals surface area contributed by atoms with Gasteiger partial charge >= 0.3 is 12.1 Å². The number of carbonyl (C=O) groups is 2. The highest BCUT2D eigenvalue weighted by atomic mass is 19.4. The fourth-order valence-corrected chi connectivity index (χ4v) is 2.81. The van der Waals surface area contributed by atoms with Gasteiger partial charge in [0.1, 0.15) is 11.9 Å². The molecule has 13 heteroatoms. The number of hydrogen-bond donors (Lipinski definition) is 2. The molecule has 2 aromatic rings. The molecule has 0 bridgehead atoms. The van der Waals surface area contributed by atoms with E-state index in [0.29, 0.717) is 50.1 Å². The Morgan fingerprint density at radius 1 is 1.36 bits per heavy atom. The highest BCUT2D eigenvalue weighted by Crippen LogP contribution is 2.24. The fourth-order valence-electron chi connectivity index (χ4n) is 2.81. The zero-order valence-corrected chi connectivity index (χ0v) is 18.0. The van der Waals surface area contributed by atoms with Gasteiger partial charge in [0.05, 0.1) is 25.4 Å². The Kier molecular flexibility index (Phi) is 9.48. The fraction of sp³-hybridized carbons (Fsp3) is 0.450. The molecule has 33 heavy (non-hydrogen) atoms. The quantitative estimate of drug-likeness (QED) is 0.609. The van der Waals surface area contributed by atoms with E-state index in [4.69, 9.17) is 19.4 Å². The number of nitrogens with zero attached hydrogens (tertiary/aromatic N) is 4. The molecule has 2 aromatic heterocycles. The van der Waals surface area contributed by atoms with E-state index in [-0.39, 0.29) is 11.9 Å². The molecule has 10 nitrogen and oxygen atoms in total. The van der Waals surface area contributed by atoms with Crippen LogP contribution in [0.4, 0.5) is 19.0 Å². The molecular formula is C20H24F3N5O5. The van der Waals surface area contributed by atoms with Crippen LogP contribution in [0.5, 0.6) is 0 Å². The van der Waals surface area contributed by atoms with E-state index in [1.807, 2.05) is 13.0 Å². The van der Waals surface area contributed by atoms with Crippen LogP contribution in [0.25, 0.3) is 0 Å². The van der Waals surface area contributed by atoms with E-state index < -0.39 is 12.1 Å². The first-order chi connectivity index (χ1) is 15.6. The van der Waals surface area contributed by atoms with Crippen LogP contribution >= 0.6 is 0 Å². The van der Waals surface area contributed by atoms with Gasteiger partial charge in [0, 0.05) is 38.8 Å². The number of morpholine rings is 1. The standard InChI is InChI=1S/C18H23N5O3.C2HF3O2/c1-13-9-14(11-19-10-13)18(24)23-6-8-26-12-15(23)17-21-4-3-16(22-17)20-5-7-25-2;3-2(4,5)1(6)7/h3-4,9-11,15H,5-8,12H2,1-2H3,(H,20,21,22);(H,6,7). The Morgan fingerprint density at radius 3 is 2.73 bits per heavy atom. The predicted molar refractivity (Wildman–Crippen MR) is 110 cm³/mol. The lowest BCUT2D eigenvalue weighted by atomic mass is 10.1. The van der Waals surface area contributed by atoms with Gasteiger partial charge in [-0.25, -0.2) is 14.8 Å². The number of carbonyl (C=O) groups excluding carboxylic acids is 1.